The Balaban J connectivity index is 4.57. The number of ether oxygens (including phenoxy) is 3. The second-order valence-corrected chi connectivity index (χ2v) is 17.0. The summed E-state index contributed by atoms with van der Waals surface area (Å²) in [5.74, 6) is -1.04. The van der Waals surface area contributed by atoms with Gasteiger partial charge in [0.2, 0.25) is 0 Å². The van der Waals surface area contributed by atoms with Gasteiger partial charge in [-0.3, -0.25) is 14.4 Å². The summed E-state index contributed by atoms with van der Waals surface area (Å²) >= 11 is 0. The molecule has 0 aromatic heterocycles. The third-order valence-electron chi connectivity index (χ3n) is 10.7. The van der Waals surface area contributed by atoms with Crippen LogP contribution in [0.5, 0.6) is 0 Å². The number of hydrogen-bond donors (Lipinski definition) is 0. The molecule has 0 fully saturated rings. The largest absolute Gasteiger partial charge is 0.462 e. The van der Waals surface area contributed by atoms with Gasteiger partial charge in [0.25, 0.3) is 0 Å². The molecule has 0 rings (SSSR count). The summed E-state index contributed by atoms with van der Waals surface area (Å²) in [5.41, 5.74) is 0. The summed E-state index contributed by atoms with van der Waals surface area (Å²) in [7, 11) is 0. The maximum atomic E-state index is 12.8. The van der Waals surface area contributed by atoms with Crippen LogP contribution in [-0.2, 0) is 28.6 Å². The second kappa shape index (κ2) is 53.4. The molecule has 0 spiro atoms. The smallest absolute Gasteiger partial charge is 0.306 e. The zero-order valence-electron chi connectivity index (χ0n) is 42.4. The van der Waals surface area contributed by atoms with Gasteiger partial charge >= 0.3 is 17.9 Å². The van der Waals surface area contributed by atoms with Crippen LogP contribution >= 0.6 is 0 Å². The molecule has 0 aromatic carbocycles. The molecule has 0 aliphatic rings. The fourth-order valence-corrected chi connectivity index (χ4v) is 6.76. The average molecular weight is 913 g/mol. The molecule has 66 heavy (non-hydrogen) atoms. The highest BCUT2D eigenvalue weighted by Gasteiger charge is 2.19. The summed E-state index contributed by atoms with van der Waals surface area (Å²) in [4.78, 5) is 38.0. The van der Waals surface area contributed by atoms with E-state index >= 15 is 0 Å². The first kappa shape index (κ1) is 61.8. The Morgan fingerprint density at radius 2 is 0.606 bits per heavy atom. The number of unbranched alkanes of at least 4 members (excludes halogenated alkanes) is 15. The van der Waals surface area contributed by atoms with Crippen LogP contribution in [0.3, 0.4) is 0 Å². The number of rotatable bonds is 46. The summed E-state index contributed by atoms with van der Waals surface area (Å²) in [6.45, 7) is 6.30. The maximum absolute atomic E-state index is 12.8. The molecule has 0 saturated heterocycles. The Labute approximate surface area is 405 Å². The third kappa shape index (κ3) is 50.8. The van der Waals surface area contributed by atoms with Crippen LogP contribution in [0.2, 0.25) is 0 Å². The third-order valence-corrected chi connectivity index (χ3v) is 10.7. The van der Waals surface area contributed by atoms with E-state index in [-0.39, 0.29) is 37.5 Å². The predicted molar refractivity (Wildman–Crippen MR) is 283 cm³/mol. The summed E-state index contributed by atoms with van der Waals surface area (Å²) in [6.07, 6.45) is 73.3. The molecule has 6 heteroatoms. The molecule has 0 amide bonds. The van der Waals surface area contributed by atoms with Gasteiger partial charge in [-0.2, -0.15) is 0 Å². The van der Waals surface area contributed by atoms with Crippen LogP contribution in [0.15, 0.2) is 122 Å². The highest BCUT2D eigenvalue weighted by atomic mass is 16.6. The van der Waals surface area contributed by atoms with E-state index in [4.69, 9.17) is 14.2 Å². The van der Waals surface area contributed by atoms with Crippen LogP contribution in [0.25, 0.3) is 0 Å². The molecule has 0 saturated carbocycles. The summed E-state index contributed by atoms with van der Waals surface area (Å²) in [6, 6.07) is 0. The van der Waals surface area contributed by atoms with Gasteiger partial charge in [-0.1, -0.05) is 200 Å². The van der Waals surface area contributed by atoms with Crippen molar-refractivity contribution in [1.29, 1.82) is 0 Å². The van der Waals surface area contributed by atoms with Crippen LogP contribution in [0.1, 0.15) is 220 Å². The lowest BCUT2D eigenvalue weighted by atomic mass is 10.1. The minimum absolute atomic E-state index is 0.124. The Hall–Kier alpha value is -4.19. The van der Waals surface area contributed by atoms with Crippen LogP contribution in [-0.4, -0.2) is 37.2 Å². The molecule has 0 aliphatic heterocycles. The Morgan fingerprint density at radius 3 is 1.03 bits per heavy atom. The molecule has 0 aromatic rings. The van der Waals surface area contributed by atoms with Crippen molar-refractivity contribution in [3.63, 3.8) is 0 Å². The van der Waals surface area contributed by atoms with Gasteiger partial charge in [-0.25, -0.2) is 0 Å². The molecule has 0 unspecified atom stereocenters. The van der Waals surface area contributed by atoms with Crippen molar-refractivity contribution in [3.05, 3.63) is 122 Å². The van der Waals surface area contributed by atoms with Gasteiger partial charge in [0.15, 0.2) is 6.10 Å². The van der Waals surface area contributed by atoms with Crippen LogP contribution < -0.4 is 0 Å². The van der Waals surface area contributed by atoms with Crippen LogP contribution in [0, 0.1) is 0 Å². The van der Waals surface area contributed by atoms with E-state index in [1.807, 2.05) is 0 Å². The molecule has 0 N–H and O–H groups in total. The minimum atomic E-state index is -0.825. The lowest BCUT2D eigenvalue weighted by molar-refractivity contribution is -0.167. The molecular weight excluding hydrogens is 817 g/mol. The van der Waals surface area contributed by atoms with E-state index in [0.29, 0.717) is 25.7 Å². The van der Waals surface area contributed by atoms with E-state index < -0.39 is 6.10 Å². The zero-order valence-corrected chi connectivity index (χ0v) is 42.4. The normalized spacial score (nSPS) is 13.1. The number of esters is 3. The number of carbonyl (C=O) groups excluding carboxylic acids is 3. The van der Waals surface area contributed by atoms with Gasteiger partial charge in [0.05, 0.1) is 0 Å². The van der Waals surface area contributed by atoms with Crippen molar-refractivity contribution >= 4 is 17.9 Å². The molecular formula is C60H96O6. The number of hydrogen-bond acceptors (Lipinski definition) is 6. The van der Waals surface area contributed by atoms with Crippen molar-refractivity contribution in [2.75, 3.05) is 13.2 Å². The predicted octanol–water partition coefficient (Wildman–Crippen LogP) is 17.7. The van der Waals surface area contributed by atoms with Crippen LogP contribution in [0.4, 0.5) is 0 Å². The van der Waals surface area contributed by atoms with Gasteiger partial charge in [0, 0.05) is 19.3 Å². The monoisotopic (exact) mass is 913 g/mol. The molecule has 1 atom stereocenters. The fraction of sp³-hybridized carbons (Fsp3) is 0.617. The highest BCUT2D eigenvalue weighted by molar-refractivity contribution is 5.71. The van der Waals surface area contributed by atoms with Crippen molar-refractivity contribution in [2.45, 2.75) is 226 Å². The number of carbonyl (C=O) groups is 3. The van der Waals surface area contributed by atoms with Gasteiger partial charge < -0.3 is 14.2 Å². The van der Waals surface area contributed by atoms with Gasteiger partial charge in [-0.15, -0.1) is 0 Å². The quantitative estimate of drug-likeness (QED) is 0.0262. The molecule has 0 bridgehead atoms. The highest BCUT2D eigenvalue weighted by Crippen LogP contribution is 2.13. The fourth-order valence-electron chi connectivity index (χ4n) is 6.76. The lowest BCUT2D eigenvalue weighted by Crippen LogP contribution is -2.30. The maximum Gasteiger partial charge on any atom is 0.306 e. The van der Waals surface area contributed by atoms with Crippen molar-refractivity contribution in [2.24, 2.45) is 0 Å². The topological polar surface area (TPSA) is 78.9 Å². The molecule has 0 aliphatic carbocycles. The van der Waals surface area contributed by atoms with Crippen molar-refractivity contribution in [1.82, 2.24) is 0 Å². The number of allylic oxidation sites excluding steroid dienone is 20. The lowest BCUT2D eigenvalue weighted by Gasteiger charge is -2.18. The van der Waals surface area contributed by atoms with E-state index in [2.05, 4.69) is 142 Å². The standard InChI is InChI=1S/C60H96O6/c1-4-7-10-13-16-19-22-25-28-30-33-35-38-41-44-47-50-53-59(62)65-56-57(55-64-58(61)52-49-46-43-40-37-34-31-27-24-21-18-15-12-9-6-3)66-60(63)54-51-48-45-42-39-36-32-29-26-23-20-17-14-11-8-5-2/h7,9-10,12,16,18-19,21,25,27-29,31-33,35,37,40-41,44,57H,4-6,8,11,13-15,17,20,22-24,26,30,34,36,38-39,42-43,45-56H2,1-3H3/b10-7-,12-9-,19-16-,21-18-,28-25-,31-27-,32-29-,35-33-,40-37-,44-41-/t57-/m1/s1. The zero-order chi connectivity index (χ0) is 47.9. The Morgan fingerprint density at radius 1 is 0.318 bits per heavy atom. The first-order valence-electron chi connectivity index (χ1n) is 26.5. The van der Waals surface area contributed by atoms with Gasteiger partial charge in [0.1, 0.15) is 13.2 Å². The minimum Gasteiger partial charge on any atom is -0.462 e. The first-order chi connectivity index (χ1) is 32.5. The van der Waals surface area contributed by atoms with E-state index in [9.17, 15) is 14.4 Å². The molecule has 6 nitrogen and oxygen atoms in total. The Bertz CT molecular complexity index is 1420. The molecule has 0 radical (unpaired) electrons. The van der Waals surface area contributed by atoms with Gasteiger partial charge in [-0.05, 0) is 122 Å². The Kier molecular flexibility index (Phi) is 50.0. The summed E-state index contributed by atoms with van der Waals surface area (Å²) in [5, 5.41) is 0. The average Bonchev–Trinajstić information content (AvgIpc) is 3.31. The van der Waals surface area contributed by atoms with E-state index in [1.54, 1.807) is 0 Å². The molecule has 372 valence electrons. The van der Waals surface area contributed by atoms with E-state index in [0.717, 1.165) is 109 Å². The second-order valence-electron chi connectivity index (χ2n) is 17.0. The van der Waals surface area contributed by atoms with Crippen molar-refractivity contribution in [3.8, 4) is 0 Å². The van der Waals surface area contributed by atoms with E-state index in [1.165, 1.54) is 57.8 Å². The SMILES string of the molecule is CC/C=C\C/C=C\C/C=C\C/C=C\C/C=C\CCCC(=O)OC[C@@H](COC(=O)CCCC/C=C\C/C=C\C/C=C\C/C=C\CC)OC(=O)CCCCCCC/C=C\CCCCCCCCC. The molecule has 0 heterocycles. The summed E-state index contributed by atoms with van der Waals surface area (Å²) < 4.78 is 16.7. The first-order valence-corrected chi connectivity index (χ1v) is 26.5. The van der Waals surface area contributed by atoms with Crippen molar-refractivity contribution < 1.29 is 28.6 Å².